The van der Waals surface area contributed by atoms with Gasteiger partial charge in [-0.05, 0) is 55.1 Å². The quantitative estimate of drug-likeness (QED) is 0.192. The molecule has 0 saturated heterocycles. The topological polar surface area (TPSA) is 141 Å². The van der Waals surface area contributed by atoms with E-state index >= 15 is 0 Å². The van der Waals surface area contributed by atoms with Crippen molar-refractivity contribution in [3.8, 4) is 22.8 Å². The SMILES string of the molecule is C=NC=N/C=C(\C)c1cc2c(-c3nc4c(-c5cc(F)cc(CNS(C)(=O)=O)c5)nccc4[nH]3)n[nH]c2cc1F. The molecule has 2 aromatic carbocycles. The Kier molecular flexibility index (Phi) is 6.85. The van der Waals surface area contributed by atoms with Crippen LogP contribution in [0.15, 0.2) is 58.8 Å². The van der Waals surface area contributed by atoms with Crippen molar-refractivity contribution < 1.29 is 17.2 Å². The third-order valence-corrected chi connectivity index (χ3v) is 6.56. The molecule has 3 heterocycles. The second-order valence-corrected chi connectivity index (χ2v) is 10.6. The van der Waals surface area contributed by atoms with Gasteiger partial charge in [0.2, 0.25) is 10.0 Å². The predicted molar refractivity (Wildman–Crippen MR) is 148 cm³/mol. The maximum Gasteiger partial charge on any atom is 0.209 e. The molecule has 3 N–H and O–H groups in total. The number of fused-ring (bicyclic) bond motifs is 2. The molecule has 0 fully saturated rings. The minimum absolute atomic E-state index is 0.0766. The third-order valence-electron chi connectivity index (χ3n) is 5.89. The van der Waals surface area contributed by atoms with Crippen molar-refractivity contribution >= 4 is 50.6 Å². The van der Waals surface area contributed by atoms with Crippen LogP contribution >= 0.6 is 0 Å². The Balaban J connectivity index is 1.59. The highest BCUT2D eigenvalue weighted by Gasteiger charge is 2.18. The van der Waals surface area contributed by atoms with E-state index in [2.05, 4.69) is 41.6 Å². The van der Waals surface area contributed by atoms with Crippen LogP contribution in [0, 0.1) is 11.6 Å². The molecule has 5 rings (SSSR count). The summed E-state index contributed by atoms with van der Waals surface area (Å²) >= 11 is 0. The summed E-state index contributed by atoms with van der Waals surface area (Å²) in [5, 5.41) is 7.81. The average molecular weight is 549 g/mol. The number of H-pyrrole nitrogens is 2. The maximum atomic E-state index is 14.8. The van der Waals surface area contributed by atoms with Gasteiger partial charge < -0.3 is 4.98 Å². The van der Waals surface area contributed by atoms with E-state index in [1.165, 1.54) is 30.7 Å². The summed E-state index contributed by atoms with van der Waals surface area (Å²) in [5.41, 5.74) is 4.16. The van der Waals surface area contributed by atoms with Gasteiger partial charge in [0.15, 0.2) is 5.82 Å². The zero-order valence-electron chi connectivity index (χ0n) is 20.8. The molecule has 0 saturated carbocycles. The molecule has 198 valence electrons. The van der Waals surface area contributed by atoms with E-state index in [1.807, 2.05) is 0 Å². The molecule has 0 aliphatic heterocycles. The molecular formula is C26H22F2N8O2S. The Morgan fingerprint density at radius 2 is 1.97 bits per heavy atom. The first kappa shape index (κ1) is 26.0. The van der Waals surface area contributed by atoms with Gasteiger partial charge in [0.05, 0.1) is 23.0 Å². The number of benzene rings is 2. The van der Waals surface area contributed by atoms with E-state index in [4.69, 9.17) is 4.98 Å². The summed E-state index contributed by atoms with van der Waals surface area (Å²) < 4.78 is 54.6. The van der Waals surface area contributed by atoms with Gasteiger partial charge in [-0.15, -0.1) is 0 Å². The van der Waals surface area contributed by atoms with Crippen LogP contribution < -0.4 is 4.72 Å². The number of imidazole rings is 1. The van der Waals surface area contributed by atoms with Gasteiger partial charge in [-0.2, -0.15) is 5.10 Å². The van der Waals surface area contributed by atoms with Crippen LogP contribution in [0.4, 0.5) is 8.78 Å². The number of pyridine rings is 1. The Morgan fingerprint density at radius 1 is 1.15 bits per heavy atom. The lowest BCUT2D eigenvalue weighted by molar-refractivity contribution is 0.586. The minimum atomic E-state index is -3.46. The highest BCUT2D eigenvalue weighted by Crippen LogP contribution is 2.33. The number of allylic oxidation sites excluding steroid dienone is 1. The van der Waals surface area contributed by atoms with Gasteiger partial charge in [0, 0.05) is 41.5 Å². The molecule has 0 radical (unpaired) electrons. The van der Waals surface area contributed by atoms with E-state index in [0.717, 1.165) is 6.26 Å². The van der Waals surface area contributed by atoms with Gasteiger partial charge in [-0.25, -0.2) is 31.9 Å². The normalized spacial score (nSPS) is 12.7. The zero-order valence-corrected chi connectivity index (χ0v) is 21.6. The maximum absolute atomic E-state index is 14.8. The molecule has 0 aliphatic rings. The van der Waals surface area contributed by atoms with Crippen molar-refractivity contribution in [3.05, 3.63) is 71.6 Å². The molecule has 0 amide bonds. The summed E-state index contributed by atoms with van der Waals surface area (Å²) in [6.07, 6.45) is 5.33. The van der Waals surface area contributed by atoms with Crippen LogP contribution in [0.25, 0.3) is 50.3 Å². The largest absolute Gasteiger partial charge is 0.336 e. The predicted octanol–water partition coefficient (Wildman–Crippen LogP) is 4.59. The molecule has 13 heteroatoms. The monoisotopic (exact) mass is 548 g/mol. The van der Waals surface area contributed by atoms with Crippen molar-refractivity contribution in [1.82, 2.24) is 29.9 Å². The Bertz CT molecular complexity index is 1910. The number of nitrogens with one attached hydrogen (secondary N) is 3. The highest BCUT2D eigenvalue weighted by molar-refractivity contribution is 7.88. The van der Waals surface area contributed by atoms with Crippen molar-refractivity contribution in [3.63, 3.8) is 0 Å². The summed E-state index contributed by atoms with van der Waals surface area (Å²) in [6.45, 7) is 4.97. The number of rotatable bonds is 8. The summed E-state index contributed by atoms with van der Waals surface area (Å²) in [4.78, 5) is 19.8. The molecule has 10 nitrogen and oxygen atoms in total. The van der Waals surface area contributed by atoms with Crippen molar-refractivity contribution in [2.24, 2.45) is 9.98 Å². The van der Waals surface area contributed by atoms with Crippen molar-refractivity contribution in [2.75, 3.05) is 6.26 Å². The minimum Gasteiger partial charge on any atom is -0.336 e. The van der Waals surface area contributed by atoms with Gasteiger partial charge in [-0.3, -0.25) is 15.1 Å². The van der Waals surface area contributed by atoms with Crippen LogP contribution in [0.3, 0.4) is 0 Å². The van der Waals surface area contributed by atoms with Gasteiger partial charge in [0.25, 0.3) is 0 Å². The average Bonchev–Trinajstić information content (AvgIpc) is 3.49. The van der Waals surface area contributed by atoms with Gasteiger partial charge in [0.1, 0.15) is 29.2 Å². The van der Waals surface area contributed by atoms with Crippen molar-refractivity contribution in [2.45, 2.75) is 13.5 Å². The fourth-order valence-electron chi connectivity index (χ4n) is 4.14. The highest BCUT2D eigenvalue weighted by atomic mass is 32.2. The number of hydrogen-bond acceptors (Lipinski definition) is 6. The Labute approximate surface area is 221 Å². The number of hydrogen-bond donors (Lipinski definition) is 3. The molecule has 0 bridgehead atoms. The van der Waals surface area contributed by atoms with Crippen LogP contribution in [-0.4, -0.2) is 52.9 Å². The first-order valence-corrected chi connectivity index (χ1v) is 13.4. The van der Waals surface area contributed by atoms with Crippen LogP contribution in [0.1, 0.15) is 18.1 Å². The van der Waals surface area contributed by atoms with E-state index in [1.54, 1.807) is 31.3 Å². The summed E-state index contributed by atoms with van der Waals surface area (Å²) in [5.74, 6) is -0.595. The standard InChI is InChI=1S/C26H22F2N8O2S/c1-14(11-30-13-29-2)18-9-19-22(10-20(18)28)35-36-24(19)26-33-21-4-5-31-23(25(21)34-26)16-6-15(7-17(27)8-16)12-32-39(3,37)38/h4-11,13,32H,2,12H2,1,3H3,(H,33,34)(H,35,36)/b14-11+,30-13?. The first-order valence-electron chi connectivity index (χ1n) is 11.5. The fraction of sp³-hybridized carbons (Fsp3) is 0.115. The number of aliphatic imine (C=N–C) groups is 2. The van der Waals surface area contributed by atoms with Crippen molar-refractivity contribution in [1.29, 1.82) is 0 Å². The lowest BCUT2D eigenvalue weighted by Crippen LogP contribution is -2.21. The molecule has 0 atom stereocenters. The zero-order chi connectivity index (χ0) is 27.7. The van der Waals surface area contributed by atoms with Gasteiger partial charge in [-0.1, -0.05) is 0 Å². The Hall–Kier alpha value is -4.62. The van der Waals surface area contributed by atoms with E-state index in [9.17, 15) is 17.2 Å². The molecular weight excluding hydrogens is 526 g/mol. The Morgan fingerprint density at radius 3 is 2.74 bits per heavy atom. The lowest BCUT2D eigenvalue weighted by Gasteiger charge is -2.07. The molecule has 3 aromatic heterocycles. The van der Waals surface area contributed by atoms with Crippen LogP contribution in [0.2, 0.25) is 0 Å². The summed E-state index contributed by atoms with van der Waals surface area (Å²) in [7, 11) is -3.46. The molecule has 0 aliphatic carbocycles. The number of sulfonamides is 1. The number of aromatic nitrogens is 5. The van der Waals surface area contributed by atoms with Crippen LogP contribution in [0.5, 0.6) is 0 Å². The molecule has 0 spiro atoms. The number of halogens is 2. The first-order chi connectivity index (χ1) is 18.6. The van der Waals surface area contributed by atoms with Gasteiger partial charge >= 0.3 is 0 Å². The molecule has 39 heavy (non-hydrogen) atoms. The lowest BCUT2D eigenvalue weighted by atomic mass is 10.0. The second-order valence-electron chi connectivity index (χ2n) is 8.79. The third kappa shape index (κ3) is 5.49. The second kappa shape index (κ2) is 10.3. The summed E-state index contributed by atoms with van der Waals surface area (Å²) in [6, 6.07) is 8.93. The van der Waals surface area contributed by atoms with Crippen LogP contribution in [-0.2, 0) is 16.6 Å². The molecule has 0 unspecified atom stereocenters. The van der Waals surface area contributed by atoms with E-state index in [0.29, 0.717) is 61.4 Å². The number of nitrogens with zero attached hydrogens (tertiary/aromatic N) is 5. The number of aromatic amines is 2. The van der Waals surface area contributed by atoms with E-state index in [-0.39, 0.29) is 6.54 Å². The smallest absolute Gasteiger partial charge is 0.209 e. The van der Waals surface area contributed by atoms with E-state index < -0.39 is 21.7 Å². The fourth-order valence-corrected chi connectivity index (χ4v) is 4.57. The molecule has 5 aromatic rings.